The van der Waals surface area contributed by atoms with E-state index in [0.29, 0.717) is 0 Å². The third kappa shape index (κ3) is 132. The minimum absolute atomic E-state index is 0. The molecular weight excluding hydrogens is 77.0 g/mol. The molecular formula is C2H6NNaO. The number of rotatable bonds is 0. The van der Waals surface area contributed by atoms with Crippen molar-refractivity contribution in [2.75, 3.05) is 0 Å². The summed E-state index contributed by atoms with van der Waals surface area (Å²) in [5.74, 6) is 0. The van der Waals surface area contributed by atoms with E-state index in [2.05, 4.69) is 0 Å². The van der Waals surface area contributed by atoms with Crippen molar-refractivity contribution in [1.82, 2.24) is 0 Å². The summed E-state index contributed by atoms with van der Waals surface area (Å²) in [6.07, 6.45) is 0. The second-order valence-electron chi connectivity index (χ2n) is 0.224. The van der Waals surface area contributed by atoms with Crippen LogP contribution in [0.4, 0.5) is 0 Å². The molecule has 0 aliphatic heterocycles. The Hall–Kier alpha value is 0.450. The molecule has 0 aromatic heterocycles. The van der Waals surface area contributed by atoms with Crippen LogP contribution >= 0.6 is 0 Å². The fourth-order valence-electron chi connectivity index (χ4n) is 0. The van der Waals surface area contributed by atoms with Gasteiger partial charge in [0, 0.05) is 6.92 Å². The Bertz CT molecular complexity index is 31.1. The SMILES string of the molecule is CC#N.O.[NaH]. The first-order valence-corrected chi connectivity index (χ1v) is 0.724. The fourth-order valence-corrected chi connectivity index (χ4v) is 0. The van der Waals surface area contributed by atoms with E-state index in [1.807, 2.05) is 0 Å². The van der Waals surface area contributed by atoms with Crippen LogP contribution in [0.3, 0.4) is 0 Å². The van der Waals surface area contributed by atoms with E-state index in [1.165, 1.54) is 6.92 Å². The average molecular weight is 83.1 g/mol. The number of nitrogens with zero attached hydrogens (tertiary/aromatic N) is 1. The van der Waals surface area contributed by atoms with E-state index in [1.54, 1.807) is 6.07 Å². The van der Waals surface area contributed by atoms with Gasteiger partial charge in [-0.3, -0.25) is 0 Å². The van der Waals surface area contributed by atoms with E-state index >= 15 is 0 Å². The minimum atomic E-state index is 0. The molecule has 26 valence electrons. The zero-order valence-electron chi connectivity index (χ0n) is 2.45. The summed E-state index contributed by atoms with van der Waals surface area (Å²) in [6, 6.07) is 1.75. The standard InChI is InChI=1S/C2H3N.Na.H2O.H/c1-2-3;;;/h1H3;;1H2;. The molecule has 2 N–H and O–H groups in total. The Morgan fingerprint density at radius 2 is 1.60 bits per heavy atom. The van der Waals surface area contributed by atoms with Crippen LogP contribution in [0.2, 0.25) is 0 Å². The summed E-state index contributed by atoms with van der Waals surface area (Å²) in [4.78, 5) is 0. The first kappa shape index (κ1) is 18.0. The van der Waals surface area contributed by atoms with Crippen LogP contribution in [-0.2, 0) is 0 Å². The molecule has 0 aliphatic carbocycles. The Balaban J connectivity index is -0.0000000200. The van der Waals surface area contributed by atoms with Gasteiger partial charge in [0.25, 0.3) is 0 Å². The summed E-state index contributed by atoms with van der Waals surface area (Å²) < 4.78 is 0. The predicted molar refractivity (Wildman–Crippen MR) is 22.0 cm³/mol. The summed E-state index contributed by atoms with van der Waals surface area (Å²) in [5.41, 5.74) is 0. The molecule has 5 heavy (non-hydrogen) atoms. The van der Waals surface area contributed by atoms with Crippen LogP contribution < -0.4 is 0 Å². The summed E-state index contributed by atoms with van der Waals surface area (Å²) in [6.45, 7) is 1.43. The van der Waals surface area contributed by atoms with Crippen molar-refractivity contribution in [1.29, 1.82) is 5.26 Å². The molecule has 0 aromatic carbocycles. The van der Waals surface area contributed by atoms with Gasteiger partial charge in [-0.15, -0.1) is 0 Å². The number of nitriles is 1. The average Bonchev–Trinajstić information content (AvgIpc) is 0.918. The first-order chi connectivity index (χ1) is 1.41. The molecule has 0 unspecified atom stereocenters. The van der Waals surface area contributed by atoms with Gasteiger partial charge in [0.05, 0.1) is 6.07 Å². The molecule has 0 amide bonds. The van der Waals surface area contributed by atoms with E-state index in [4.69, 9.17) is 5.26 Å². The van der Waals surface area contributed by atoms with Crippen LogP contribution in [0.15, 0.2) is 0 Å². The fraction of sp³-hybridized carbons (Fsp3) is 0.500. The molecule has 3 heteroatoms. The van der Waals surface area contributed by atoms with Crippen LogP contribution in [-0.4, -0.2) is 35.0 Å². The molecule has 0 bridgehead atoms. The number of hydrogen-bond acceptors (Lipinski definition) is 1. The second-order valence-corrected chi connectivity index (χ2v) is 0.224. The molecule has 0 saturated heterocycles. The van der Waals surface area contributed by atoms with E-state index in [0.717, 1.165) is 0 Å². The van der Waals surface area contributed by atoms with Gasteiger partial charge in [-0.25, -0.2) is 0 Å². The molecule has 0 fully saturated rings. The molecule has 2 nitrogen and oxygen atoms in total. The van der Waals surface area contributed by atoms with Gasteiger partial charge in [0.15, 0.2) is 0 Å². The summed E-state index contributed by atoms with van der Waals surface area (Å²) >= 11 is 0. The van der Waals surface area contributed by atoms with Crippen molar-refractivity contribution in [2.24, 2.45) is 0 Å². The molecule has 0 aromatic rings. The summed E-state index contributed by atoms with van der Waals surface area (Å²) in [5, 5.41) is 7.32. The third-order valence-corrected chi connectivity index (χ3v) is 0. The summed E-state index contributed by atoms with van der Waals surface area (Å²) in [7, 11) is 0. The zero-order chi connectivity index (χ0) is 2.71. The Labute approximate surface area is 53.4 Å². The Kier molecular flexibility index (Phi) is 90.6. The molecule has 0 radical (unpaired) electrons. The molecule has 0 aliphatic rings. The van der Waals surface area contributed by atoms with Crippen LogP contribution in [0.1, 0.15) is 6.92 Å². The second kappa shape index (κ2) is 25.2. The van der Waals surface area contributed by atoms with Crippen molar-refractivity contribution in [3.8, 4) is 6.07 Å². The van der Waals surface area contributed by atoms with Gasteiger partial charge in [0.2, 0.25) is 0 Å². The monoisotopic (exact) mass is 83.0 g/mol. The molecule has 0 saturated carbocycles. The predicted octanol–water partition coefficient (Wildman–Crippen LogP) is -0.943. The Morgan fingerprint density at radius 1 is 1.60 bits per heavy atom. The van der Waals surface area contributed by atoms with Crippen molar-refractivity contribution in [3.63, 3.8) is 0 Å². The molecule has 0 heterocycles. The van der Waals surface area contributed by atoms with Crippen molar-refractivity contribution in [3.05, 3.63) is 0 Å². The quantitative estimate of drug-likeness (QED) is 0.348. The first-order valence-electron chi connectivity index (χ1n) is 0.724. The van der Waals surface area contributed by atoms with Gasteiger partial charge in [0.1, 0.15) is 0 Å². The number of hydrogen-bond donors (Lipinski definition) is 0. The zero-order valence-corrected chi connectivity index (χ0v) is 2.45. The van der Waals surface area contributed by atoms with Crippen LogP contribution in [0.25, 0.3) is 0 Å². The van der Waals surface area contributed by atoms with E-state index < -0.39 is 0 Å². The van der Waals surface area contributed by atoms with E-state index in [-0.39, 0.29) is 35.0 Å². The molecule has 0 rings (SSSR count). The maximum absolute atomic E-state index is 7.32. The van der Waals surface area contributed by atoms with Gasteiger partial charge < -0.3 is 5.48 Å². The van der Waals surface area contributed by atoms with Crippen molar-refractivity contribution >= 4 is 29.6 Å². The van der Waals surface area contributed by atoms with Crippen molar-refractivity contribution in [2.45, 2.75) is 6.92 Å². The van der Waals surface area contributed by atoms with Gasteiger partial charge in [-0.05, 0) is 0 Å². The molecule has 0 atom stereocenters. The van der Waals surface area contributed by atoms with Crippen LogP contribution in [0, 0.1) is 11.3 Å². The maximum atomic E-state index is 7.32. The molecule has 0 spiro atoms. The van der Waals surface area contributed by atoms with Crippen molar-refractivity contribution < 1.29 is 5.48 Å². The van der Waals surface area contributed by atoms with Gasteiger partial charge in [-0.1, -0.05) is 0 Å². The van der Waals surface area contributed by atoms with Gasteiger partial charge >= 0.3 is 29.6 Å². The van der Waals surface area contributed by atoms with Gasteiger partial charge in [-0.2, -0.15) is 5.26 Å². The van der Waals surface area contributed by atoms with E-state index in [9.17, 15) is 0 Å². The normalized spacial score (nSPS) is 1.60. The topological polar surface area (TPSA) is 55.3 Å². The Morgan fingerprint density at radius 3 is 1.60 bits per heavy atom. The van der Waals surface area contributed by atoms with Crippen LogP contribution in [0.5, 0.6) is 0 Å². The third-order valence-electron chi connectivity index (χ3n) is 0.